The van der Waals surface area contributed by atoms with Crippen LogP contribution in [0.3, 0.4) is 0 Å². The molecule has 1 aliphatic rings. The molecule has 1 aliphatic heterocycles. The van der Waals surface area contributed by atoms with Crippen LogP contribution in [0.2, 0.25) is 0 Å². The van der Waals surface area contributed by atoms with Gasteiger partial charge >= 0.3 is 5.97 Å². The molecule has 0 aromatic carbocycles. The van der Waals surface area contributed by atoms with Crippen molar-refractivity contribution < 1.29 is 9.90 Å². The first-order valence-electron chi connectivity index (χ1n) is 7.59. The van der Waals surface area contributed by atoms with E-state index in [-0.39, 0.29) is 5.56 Å². The minimum absolute atomic E-state index is 0.287. The normalized spacial score (nSPS) is 20.0. The Labute approximate surface area is 124 Å². The number of aromatic carboxylic acids is 1. The van der Waals surface area contributed by atoms with E-state index in [2.05, 4.69) is 16.8 Å². The molecule has 0 spiro atoms. The highest BCUT2D eigenvalue weighted by molar-refractivity contribution is 5.88. The summed E-state index contributed by atoms with van der Waals surface area (Å²) in [7, 11) is 0. The lowest BCUT2D eigenvalue weighted by Crippen LogP contribution is -2.35. The Balaban J connectivity index is 1.76. The van der Waals surface area contributed by atoms with Crippen molar-refractivity contribution in [2.45, 2.75) is 26.2 Å². The van der Waals surface area contributed by atoms with Gasteiger partial charge in [-0.05, 0) is 50.4 Å². The van der Waals surface area contributed by atoms with E-state index in [0.717, 1.165) is 25.2 Å². The standard InChI is InChI=1S/C16H21N3O2/c1-2-18-6-3-4-12(10-18)8-14-11-19-7-5-13(16(20)21)9-15(19)17-14/h5,7,9,11-12H,2-4,6,8,10H2,1H3,(H,20,21). The SMILES string of the molecule is CCN1CCCC(Cc2cn3ccc(C(=O)O)cc3n2)C1. The molecule has 0 saturated carbocycles. The summed E-state index contributed by atoms with van der Waals surface area (Å²) in [5, 5.41) is 9.03. The minimum Gasteiger partial charge on any atom is -0.478 e. The third-order valence-corrected chi connectivity index (χ3v) is 4.31. The topological polar surface area (TPSA) is 57.8 Å². The first-order valence-corrected chi connectivity index (χ1v) is 7.59. The van der Waals surface area contributed by atoms with Gasteiger partial charge in [0.05, 0.1) is 11.3 Å². The van der Waals surface area contributed by atoms with Crippen LogP contribution in [0.25, 0.3) is 5.65 Å². The van der Waals surface area contributed by atoms with Crippen LogP contribution in [-0.4, -0.2) is 45.0 Å². The number of aromatic nitrogens is 2. The molecule has 1 fully saturated rings. The number of imidazole rings is 1. The molecule has 1 unspecified atom stereocenters. The Morgan fingerprint density at radius 3 is 3.14 bits per heavy atom. The maximum Gasteiger partial charge on any atom is 0.335 e. The average molecular weight is 287 g/mol. The fourth-order valence-corrected chi connectivity index (χ4v) is 3.17. The van der Waals surface area contributed by atoms with E-state index in [9.17, 15) is 4.79 Å². The fraction of sp³-hybridized carbons (Fsp3) is 0.500. The zero-order valence-electron chi connectivity index (χ0n) is 12.3. The molecule has 0 amide bonds. The third kappa shape index (κ3) is 3.08. The number of carboxylic acid groups (broad SMARTS) is 1. The van der Waals surface area contributed by atoms with Gasteiger partial charge in [0, 0.05) is 18.9 Å². The van der Waals surface area contributed by atoms with Crippen LogP contribution in [0.5, 0.6) is 0 Å². The molecule has 0 bridgehead atoms. The molecular formula is C16H21N3O2. The monoisotopic (exact) mass is 287 g/mol. The number of piperidine rings is 1. The second kappa shape index (κ2) is 5.85. The Hall–Kier alpha value is -1.88. The first-order chi connectivity index (χ1) is 10.2. The summed E-state index contributed by atoms with van der Waals surface area (Å²) >= 11 is 0. The second-order valence-electron chi connectivity index (χ2n) is 5.82. The van der Waals surface area contributed by atoms with Gasteiger partial charge in [-0.25, -0.2) is 9.78 Å². The summed E-state index contributed by atoms with van der Waals surface area (Å²) in [6.07, 6.45) is 7.28. The molecule has 2 aromatic rings. The lowest BCUT2D eigenvalue weighted by Gasteiger charge is -2.31. The van der Waals surface area contributed by atoms with E-state index in [4.69, 9.17) is 5.11 Å². The Morgan fingerprint density at radius 1 is 1.52 bits per heavy atom. The Kier molecular flexibility index (Phi) is 3.92. The van der Waals surface area contributed by atoms with Crippen LogP contribution in [0, 0.1) is 5.92 Å². The zero-order chi connectivity index (χ0) is 14.8. The zero-order valence-corrected chi connectivity index (χ0v) is 12.3. The van der Waals surface area contributed by atoms with Gasteiger partial charge in [0.15, 0.2) is 0 Å². The summed E-state index contributed by atoms with van der Waals surface area (Å²) < 4.78 is 1.90. The second-order valence-corrected chi connectivity index (χ2v) is 5.82. The fourth-order valence-electron chi connectivity index (χ4n) is 3.17. The molecular weight excluding hydrogens is 266 g/mol. The summed E-state index contributed by atoms with van der Waals surface area (Å²) in [6, 6.07) is 3.24. The first kappa shape index (κ1) is 14.1. The molecule has 1 saturated heterocycles. The number of carbonyl (C=O) groups is 1. The molecule has 112 valence electrons. The third-order valence-electron chi connectivity index (χ3n) is 4.31. The highest BCUT2D eigenvalue weighted by Gasteiger charge is 2.20. The number of likely N-dealkylation sites (tertiary alicyclic amines) is 1. The van der Waals surface area contributed by atoms with E-state index in [0.29, 0.717) is 11.6 Å². The maximum atomic E-state index is 11.0. The lowest BCUT2D eigenvalue weighted by molar-refractivity contribution is 0.0697. The number of nitrogens with zero attached hydrogens (tertiary/aromatic N) is 3. The van der Waals surface area contributed by atoms with Crippen molar-refractivity contribution in [2.75, 3.05) is 19.6 Å². The predicted molar refractivity (Wildman–Crippen MR) is 80.7 cm³/mol. The molecule has 0 aliphatic carbocycles. The van der Waals surface area contributed by atoms with Crippen LogP contribution in [-0.2, 0) is 6.42 Å². The average Bonchev–Trinajstić information content (AvgIpc) is 2.88. The molecule has 5 nitrogen and oxygen atoms in total. The van der Waals surface area contributed by atoms with E-state index < -0.39 is 5.97 Å². The molecule has 21 heavy (non-hydrogen) atoms. The van der Waals surface area contributed by atoms with Crippen molar-refractivity contribution in [3.63, 3.8) is 0 Å². The molecule has 0 radical (unpaired) electrons. The maximum absolute atomic E-state index is 11.0. The van der Waals surface area contributed by atoms with Crippen LogP contribution < -0.4 is 0 Å². The van der Waals surface area contributed by atoms with E-state index >= 15 is 0 Å². The molecule has 3 heterocycles. The molecule has 5 heteroatoms. The number of carboxylic acids is 1. The van der Waals surface area contributed by atoms with Crippen molar-refractivity contribution in [3.05, 3.63) is 35.8 Å². The van der Waals surface area contributed by atoms with E-state index in [1.165, 1.54) is 19.4 Å². The summed E-state index contributed by atoms with van der Waals surface area (Å²) in [5.41, 5.74) is 2.06. The minimum atomic E-state index is -0.909. The number of pyridine rings is 1. The van der Waals surface area contributed by atoms with Gasteiger partial charge in [-0.1, -0.05) is 6.92 Å². The van der Waals surface area contributed by atoms with Crippen LogP contribution in [0.1, 0.15) is 35.8 Å². The smallest absolute Gasteiger partial charge is 0.335 e. The van der Waals surface area contributed by atoms with Gasteiger partial charge in [0.25, 0.3) is 0 Å². The van der Waals surface area contributed by atoms with Crippen molar-refractivity contribution >= 4 is 11.6 Å². The van der Waals surface area contributed by atoms with Gasteiger partial charge in [0.2, 0.25) is 0 Å². The quantitative estimate of drug-likeness (QED) is 0.937. The van der Waals surface area contributed by atoms with Gasteiger partial charge in [-0.3, -0.25) is 0 Å². The molecule has 2 aromatic heterocycles. The van der Waals surface area contributed by atoms with Crippen LogP contribution >= 0.6 is 0 Å². The lowest BCUT2D eigenvalue weighted by atomic mass is 9.94. The summed E-state index contributed by atoms with van der Waals surface area (Å²) in [4.78, 5) is 18.1. The molecule has 3 rings (SSSR count). The van der Waals surface area contributed by atoms with Crippen molar-refractivity contribution in [1.82, 2.24) is 14.3 Å². The summed E-state index contributed by atoms with van der Waals surface area (Å²) in [6.45, 7) is 5.68. The number of fused-ring (bicyclic) bond motifs is 1. The van der Waals surface area contributed by atoms with Gasteiger partial charge < -0.3 is 14.4 Å². The van der Waals surface area contributed by atoms with Crippen LogP contribution in [0.4, 0.5) is 0 Å². The van der Waals surface area contributed by atoms with Gasteiger partial charge in [0.1, 0.15) is 5.65 Å². The number of hydrogen-bond donors (Lipinski definition) is 1. The van der Waals surface area contributed by atoms with E-state index in [1.807, 2.05) is 10.6 Å². The Morgan fingerprint density at radius 2 is 2.38 bits per heavy atom. The van der Waals surface area contributed by atoms with Gasteiger partial charge in [-0.2, -0.15) is 0 Å². The van der Waals surface area contributed by atoms with Crippen molar-refractivity contribution in [2.24, 2.45) is 5.92 Å². The number of rotatable bonds is 4. The number of hydrogen-bond acceptors (Lipinski definition) is 3. The predicted octanol–water partition coefficient (Wildman–Crippen LogP) is 2.31. The highest BCUT2D eigenvalue weighted by atomic mass is 16.4. The summed E-state index contributed by atoms with van der Waals surface area (Å²) in [5.74, 6) is -0.254. The van der Waals surface area contributed by atoms with E-state index in [1.54, 1.807) is 18.3 Å². The molecule has 1 atom stereocenters. The highest BCUT2D eigenvalue weighted by Crippen LogP contribution is 2.20. The molecule has 1 N–H and O–H groups in total. The van der Waals surface area contributed by atoms with Crippen molar-refractivity contribution in [3.8, 4) is 0 Å². The Bertz CT molecular complexity index is 650. The van der Waals surface area contributed by atoms with Crippen molar-refractivity contribution in [1.29, 1.82) is 0 Å². The van der Waals surface area contributed by atoms with Crippen LogP contribution in [0.15, 0.2) is 24.5 Å². The largest absolute Gasteiger partial charge is 0.478 e. The van der Waals surface area contributed by atoms with Gasteiger partial charge in [-0.15, -0.1) is 0 Å².